The third-order valence-corrected chi connectivity index (χ3v) is 3.54. The van der Waals surface area contributed by atoms with Crippen molar-refractivity contribution in [3.8, 4) is 0 Å². The van der Waals surface area contributed by atoms with Gasteiger partial charge in [-0.2, -0.15) is 0 Å². The first-order chi connectivity index (χ1) is 11.3. The molecule has 0 fully saturated rings. The fourth-order valence-corrected chi connectivity index (χ4v) is 2.37. The number of aromatic nitrogens is 4. The van der Waals surface area contributed by atoms with E-state index in [1.165, 1.54) is 12.5 Å². The van der Waals surface area contributed by atoms with Crippen molar-refractivity contribution in [3.63, 3.8) is 0 Å². The summed E-state index contributed by atoms with van der Waals surface area (Å²) >= 11 is 0. The number of furan rings is 1. The van der Waals surface area contributed by atoms with Gasteiger partial charge in [-0.3, -0.25) is 9.59 Å². The summed E-state index contributed by atoms with van der Waals surface area (Å²) in [4.78, 5) is 37.0. The minimum absolute atomic E-state index is 0.155. The van der Waals surface area contributed by atoms with Gasteiger partial charge in [-0.25, -0.2) is 4.98 Å². The molecule has 0 aliphatic rings. The maximum atomic E-state index is 12.3. The van der Waals surface area contributed by atoms with Crippen molar-refractivity contribution < 1.29 is 4.42 Å². The molecule has 3 rings (SSSR count). The first-order valence-electron chi connectivity index (χ1n) is 7.47. The van der Waals surface area contributed by atoms with Gasteiger partial charge in [0, 0.05) is 16.7 Å². The van der Waals surface area contributed by atoms with Crippen LogP contribution in [0.25, 0.3) is 12.2 Å². The monoisotopic (exact) mass is 326 g/mol. The third kappa shape index (κ3) is 3.15. The lowest BCUT2D eigenvalue weighted by Gasteiger charge is -2.16. The zero-order valence-corrected chi connectivity index (χ0v) is 13.6. The largest absolute Gasteiger partial charge is 0.472 e. The van der Waals surface area contributed by atoms with Crippen molar-refractivity contribution in [1.29, 1.82) is 0 Å². The molecule has 0 aromatic carbocycles. The quantitative estimate of drug-likeness (QED) is 0.631. The van der Waals surface area contributed by atoms with Gasteiger partial charge in [-0.1, -0.05) is 20.8 Å². The second-order valence-electron chi connectivity index (χ2n) is 6.49. The molecule has 3 aromatic rings. The number of imidazole rings is 1. The van der Waals surface area contributed by atoms with E-state index >= 15 is 0 Å². The molecule has 0 unspecified atom stereocenters. The molecule has 3 heterocycles. The number of hydrogen-bond donors (Lipinski definition) is 3. The number of hydrogen-bond acceptors (Lipinski definition) is 4. The summed E-state index contributed by atoms with van der Waals surface area (Å²) in [5, 5.41) is 0.318. The van der Waals surface area contributed by atoms with Crippen LogP contribution in [-0.2, 0) is 5.41 Å². The SMILES string of the molecule is CC(C)(C)c1[nH]cnc1C=c1[nH]c(=O)c(=Cc2ccoc2)[nH]c1=O. The summed E-state index contributed by atoms with van der Waals surface area (Å²) in [6.07, 6.45) is 7.66. The van der Waals surface area contributed by atoms with Gasteiger partial charge >= 0.3 is 0 Å². The summed E-state index contributed by atoms with van der Waals surface area (Å²) in [7, 11) is 0. The van der Waals surface area contributed by atoms with Gasteiger partial charge in [0.25, 0.3) is 11.1 Å². The Bertz CT molecular complexity index is 1080. The Hall–Kier alpha value is -3.09. The van der Waals surface area contributed by atoms with Crippen molar-refractivity contribution >= 4 is 12.2 Å². The lowest BCUT2D eigenvalue weighted by atomic mass is 9.90. The van der Waals surface area contributed by atoms with Crippen molar-refractivity contribution in [3.05, 3.63) is 73.3 Å². The molecule has 0 amide bonds. The summed E-state index contributed by atoms with van der Waals surface area (Å²) in [5.74, 6) is 0. The van der Waals surface area contributed by atoms with E-state index in [-0.39, 0.29) is 16.1 Å². The van der Waals surface area contributed by atoms with Gasteiger partial charge in [0.1, 0.15) is 10.7 Å². The van der Waals surface area contributed by atoms with E-state index in [0.717, 1.165) is 5.69 Å². The second-order valence-corrected chi connectivity index (χ2v) is 6.49. The molecule has 3 aromatic heterocycles. The lowest BCUT2D eigenvalue weighted by molar-refractivity contribution is 0.567. The molecule has 0 saturated heterocycles. The molecule has 0 bridgehead atoms. The number of nitrogens with zero attached hydrogens (tertiary/aromatic N) is 1. The van der Waals surface area contributed by atoms with E-state index in [4.69, 9.17) is 4.42 Å². The molecule has 7 heteroatoms. The zero-order valence-electron chi connectivity index (χ0n) is 13.6. The van der Waals surface area contributed by atoms with Crippen LogP contribution in [-0.4, -0.2) is 19.9 Å². The highest BCUT2D eigenvalue weighted by atomic mass is 16.3. The van der Waals surface area contributed by atoms with Gasteiger partial charge in [0.05, 0.1) is 24.5 Å². The third-order valence-electron chi connectivity index (χ3n) is 3.54. The van der Waals surface area contributed by atoms with Crippen molar-refractivity contribution in [2.45, 2.75) is 26.2 Å². The lowest BCUT2D eigenvalue weighted by Crippen LogP contribution is -2.46. The van der Waals surface area contributed by atoms with Crippen LogP contribution in [0.2, 0.25) is 0 Å². The molecular formula is C17H18N4O3. The molecule has 3 N–H and O–H groups in total. The molecule has 0 atom stereocenters. The minimum atomic E-state index is -0.396. The molecule has 124 valence electrons. The van der Waals surface area contributed by atoms with E-state index < -0.39 is 11.1 Å². The molecular weight excluding hydrogens is 308 g/mol. The standard InChI is InChI=1S/C17H18N4O3/c1-17(2,3)14-11(18-9-19-14)7-13-16(23)20-12(15(22)21-13)6-10-4-5-24-8-10/h4-9H,1-3H3,(H,18,19)(H,20,23)(H,21,22). The maximum Gasteiger partial charge on any atom is 0.272 e. The average molecular weight is 326 g/mol. The Morgan fingerprint density at radius 3 is 2.33 bits per heavy atom. The first kappa shape index (κ1) is 15.8. The summed E-state index contributed by atoms with van der Waals surface area (Å²) < 4.78 is 4.94. The van der Waals surface area contributed by atoms with Crippen LogP contribution in [0.1, 0.15) is 37.7 Å². The summed E-state index contributed by atoms with van der Waals surface area (Å²) in [6.45, 7) is 6.11. The van der Waals surface area contributed by atoms with Crippen LogP contribution in [0.4, 0.5) is 0 Å². The van der Waals surface area contributed by atoms with Gasteiger partial charge in [-0.15, -0.1) is 0 Å². The van der Waals surface area contributed by atoms with E-state index in [9.17, 15) is 9.59 Å². The van der Waals surface area contributed by atoms with E-state index in [1.807, 2.05) is 20.8 Å². The number of aromatic amines is 3. The van der Waals surface area contributed by atoms with Gasteiger partial charge in [0.15, 0.2) is 0 Å². The van der Waals surface area contributed by atoms with Crippen LogP contribution in [0.3, 0.4) is 0 Å². The highest BCUT2D eigenvalue weighted by molar-refractivity contribution is 5.48. The maximum absolute atomic E-state index is 12.3. The smallest absolute Gasteiger partial charge is 0.272 e. The first-order valence-corrected chi connectivity index (χ1v) is 7.47. The second kappa shape index (κ2) is 5.84. The number of H-pyrrole nitrogens is 3. The Balaban J connectivity index is 2.15. The number of rotatable bonds is 2. The average Bonchev–Trinajstić information content (AvgIpc) is 3.14. The molecule has 0 aliphatic heterocycles. The molecule has 0 saturated carbocycles. The van der Waals surface area contributed by atoms with E-state index in [1.54, 1.807) is 24.5 Å². The van der Waals surface area contributed by atoms with Gasteiger partial charge < -0.3 is 19.4 Å². The van der Waals surface area contributed by atoms with E-state index in [2.05, 4.69) is 19.9 Å². The van der Waals surface area contributed by atoms with Crippen molar-refractivity contribution in [2.75, 3.05) is 0 Å². The topological polar surface area (TPSA) is 108 Å². The van der Waals surface area contributed by atoms with E-state index in [0.29, 0.717) is 11.3 Å². The van der Waals surface area contributed by atoms with Crippen LogP contribution in [0, 0.1) is 0 Å². The van der Waals surface area contributed by atoms with Crippen molar-refractivity contribution in [1.82, 2.24) is 19.9 Å². The fourth-order valence-electron chi connectivity index (χ4n) is 2.37. The Labute approximate surface area is 136 Å². The summed E-state index contributed by atoms with van der Waals surface area (Å²) in [6, 6.07) is 1.69. The minimum Gasteiger partial charge on any atom is -0.472 e. The van der Waals surface area contributed by atoms with Crippen LogP contribution in [0.5, 0.6) is 0 Å². The highest BCUT2D eigenvalue weighted by Gasteiger charge is 2.19. The Kier molecular flexibility index (Phi) is 3.84. The van der Waals surface area contributed by atoms with Crippen LogP contribution < -0.4 is 21.8 Å². The highest BCUT2D eigenvalue weighted by Crippen LogP contribution is 2.22. The Morgan fingerprint density at radius 2 is 1.75 bits per heavy atom. The Morgan fingerprint density at radius 1 is 1.08 bits per heavy atom. The van der Waals surface area contributed by atoms with Gasteiger partial charge in [0.2, 0.25) is 0 Å². The normalized spacial score (nSPS) is 13.6. The van der Waals surface area contributed by atoms with Crippen LogP contribution in [0.15, 0.2) is 38.9 Å². The number of nitrogens with one attached hydrogen (secondary N) is 3. The zero-order chi connectivity index (χ0) is 17.3. The molecule has 7 nitrogen and oxygen atoms in total. The molecule has 24 heavy (non-hydrogen) atoms. The van der Waals surface area contributed by atoms with Crippen molar-refractivity contribution in [2.24, 2.45) is 0 Å². The molecule has 0 radical (unpaired) electrons. The predicted octanol–water partition coefficient (Wildman–Crippen LogP) is 0.334. The molecule has 0 spiro atoms. The predicted molar refractivity (Wildman–Crippen MR) is 90.1 cm³/mol. The molecule has 0 aliphatic carbocycles. The fraction of sp³-hybridized carbons (Fsp3) is 0.235. The summed E-state index contributed by atoms with van der Waals surface area (Å²) in [5.41, 5.74) is 1.24. The van der Waals surface area contributed by atoms with Crippen LogP contribution >= 0.6 is 0 Å². The van der Waals surface area contributed by atoms with Gasteiger partial charge in [-0.05, 0) is 18.2 Å².